The molecule has 132 valence electrons. The lowest BCUT2D eigenvalue weighted by Crippen LogP contribution is -2.37. The molecule has 0 aliphatic carbocycles. The number of hydrogen-bond acceptors (Lipinski definition) is 3. The summed E-state index contributed by atoms with van der Waals surface area (Å²) in [6, 6.07) is 3.50. The minimum atomic E-state index is -0.587. The van der Waals surface area contributed by atoms with Gasteiger partial charge in [0.05, 0.1) is 5.92 Å². The summed E-state index contributed by atoms with van der Waals surface area (Å²) in [4.78, 5) is 12.2. The lowest BCUT2D eigenvalue weighted by Gasteiger charge is -2.29. The van der Waals surface area contributed by atoms with E-state index in [0.717, 1.165) is 32.0 Å². The van der Waals surface area contributed by atoms with Crippen LogP contribution in [0.15, 0.2) is 24.3 Å². The molecule has 24 heavy (non-hydrogen) atoms. The van der Waals surface area contributed by atoms with Crippen LogP contribution in [0.1, 0.15) is 45.1 Å². The molecule has 0 atom stereocenters. The number of carbonyl (C=O) groups is 1. The molecule has 1 fully saturated rings. The van der Waals surface area contributed by atoms with Crippen molar-refractivity contribution < 1.29 is 18.3 Å². The number of halogens is 2. The second kappa shape index (κ2) is 8.38. The van der Waals surface area contributed by atoms with Crippen molar-refractivity contribution in [3.63, 3.8) is 0 Å². The van der Waals surface area contributed by atoms with Crippen molar-refractivity contribution in [2.45, 2.75) is 45.1 Å². The van der Waals surface area contributed by atoms with Gasteiger partial charge in [-0.15, -0.1) is 0 Å². The van der Waals surface area contributed by atoms with E-state index in [0.29, 0.717) is 18.4 Å². The Morgan fingerprint density at radius 3 is 2.71 bits per heavy atom. The first kappa shape index (κ1) is 18.6. The van der Waals surface area contributed by atoms with Gasteiger partial charge in [-0.1, -0.05) is 12.2 Å². The van der Waals surface area contributed by atoms with Crippen LogP contribution in [0, 0.1) is 17.6 Å². The predicted molar refractivity (Wildman–Crippen MR) is 90.4 cm³/mol. The summed E-state index contributed by atoms with van der Waals surface area (Å²) in [6.45, 7) is 5.48. The van der Waals surface area contributed by atoms with Crippen LogP contribution in [-0.2, 0) is 9.53 Å². The third-order valence-electron chi connectivity index (χ3n) is 4.22. The van der Waals surface area contributed by atoms with E-state index in [9.17, 15) is 13.6 Å². The fraction of sp³-hybridized carbons (Fsp3) is 0.526. The smallest absolute Gasteiger partial charge is 0.309 e. The molecule has 1 saturated heterocycles. The molecule has 3 nitrogen and oxygen atoms in total. The summed E-state index contributed by atoms with van der Waals surface area (Å²) < 4.78 is 32.0. The number of rotatable bonds is 6. The molecule has 1 aromatic carbocycles. The van der Waals surface area contributed by atoms with Crippen LogP contribution in [0.3, 0.4) is 0 Å². The largest absolute Gasteiger partial charge is 0.459 e. The van der Waals surface area contributed by atoms with Crippen LogP contribution >= 0.6 is 0 Å². The summed E-state index contributed by atoms with van der Waals surface area (Å²) in [5.74, 6) is -1.32. The van der Waals surface area contributed by atoms with Crippen LogP contribution in [-0.4, -0.2) is 24.7 Å². The van der Waals surface area contributed by atoms with Gasteiger partial charge in [0.1, 0.15) is 17.2 Å². The first-order chi connectivity index (χ1) is 11.4. The first-order valence-electron chi connectivity index (χ1n) is 8.42. The van der Waals surface area contributed by atoms with E-state index in [2.05, 4.69) is 5.32 Å². The molecule has 1 aliphatic heterocycles. The molecule has 0 amide bonds. The van der Waals surface area contributed by atoms with Crippen molar-refractivity contribution >= 4 is 12.0 Å². The molecule has 0 aromatic heterocycles. The number of piperidine rings is 1. The van der Waals surface area contributed by atoms with E-state index < -0.39 is 17.2 Å². The van der Waals surface area contributed by atoms with E-state index in [1.807, 2.05) is 19.9 Å². The van der Waals surface area contributed by atoms with Crippen LogP contribution in [0.2, 0.25) is 0 Å². The summed E-state index contributed by atoms with van der Waals surface area (Å²) in [5, 5.41) is 3.23. The molecule has 1 aromatic rings. The number of esters is 1. The third kappa shape index (κ3) is 5.71. The lowest BCUT2D eigenvalue weighted by atomic mass is 9.97. The van der Waals surface area contributed by atoms with E-state index >= 15 is 0 Å². The number of nitrogens with one attached hydrogen (secondary N) is 1. The van der Waals surface area contributed by atoms with Gasteiger partial charge < -0.3 is 10.1 Å². The maximum Gasteiger partial charge on any atom is 0.309 e. The molecule has 2 rings (SSSR count). The molecule has 1 N–H and O–H groups in total. The SMILES string of the molecule is CC(C)(CC/C=C/c1ccc(F)cc1F)OC(=O)C1CCNCC1. The zero-order valence-corrected chi connectivity index (χ0v) is 14.3. The molecule has 0 radical (unpaired) electrons. The highest BCUT2D eigenvalue weighted by molar-refractivity contribution is 5.73. The summed E-state index contributed by atoms with van der Waals surface area (Å²) in [5.41, 5.74) is -0.214. The van der Waals surface area contributed by atoms with Crippen LogP contribution in [0.25, 0.3) is 6.08 Å². The molecule has 0 bridgehead atoms. The molecular formula is C19H25F2NO2. The van der Waals surface area contributed by atoms with E-state index in [1.54, 1.807) is 6.08 Å². The van der Waals surface area contributed by atoms with Gasteiger partial charge in [0.2, 0.25) is 0 Å². The second-order valence-corrected chi connectivity index (χ2v) is 6.81. The number of carbonyl (C=O) groups excluding carboxylic acids is 1. The Bertz CT molecular complexity index is 593. The van der Waals surface area contributed by atoms with E-state index in [-0.39, 0.29) is 11.9 Å². The normalized spacial score (nSPS) is 16.5. The van der Waals surface area contributed by atoms with Gasteiger partial charge in [-0.3, -0.25) is 4.79 Å². The highest BCUT2D eigenvalue weighted by Gasteiger charge is 2.28. The van der Waals surface area contributed by atoms with Crippen molar-refractivity contribution in [3.8, 4) is 0 Å². The average Bonchev–Trinajstić information content (AvgIpc) is 2.53. The standard InChI is InChI=1S/C19H25F2NO2/c1-19(2,24-18(23)15-8-11-22-12-9-15)10-4-3-5-14-6-7-16(20)13-17(14)21/h3,5-7,13,15,22H,4,8-12H2,1-2H3/b5-3+. The van der Waals surface area contributed by atoms with Gasteiger partial charge in [-0.05, 0) is 64.8 Å². The topological polar surface area (TPSA) is 38.3 Å². The predicted octanol–water partition coefficient (Wildman–Crippen LogP) is 4.08. The van der Waals surface area contributed by atoms with Gasteiger partial charge in [0.25, 0.3) is 0 Å². The Kier molecular flexibility index (Phi) is 6.49. The van der Waals surface area contributed by atoms with Gasteiger partial charge in [0.15, 0.2) is 0 Å². The Hall–Kier alpha value is -1.75. The summed E-state index contributed by atoms with van der Waals surface area (Å²) in [6.07, 6.45) is 6.36. The van der Waals surface area contributed by atoms with Crippen molar-refractivity contribution in [2.24, 2.45) is 5.92 Å². The molecule has 0 unspecified atom stereocenters. The van der Waals surface area contributed by atoms with Gasteiger partial charge >= 0.3 is 5.97 Å². The highest BCUT2D eigenvalue weighted by atomic mass is 19.1. The summed E-state index contributed by atoms with van der Waals surface area (Å²) >= 11 is 0. The number of ether oxygens (including phenoxy) is 1. The zero-order chi connectivity index (χ0) is 17.6. The number of hydrogen-bond donors (Lipinski definition) is 1. The zero-order valence-electron chi connectivity index (χ0n) is 14.3. The minimum absolute atomic E-state index is 0.0191. The highest BCUT2D eigenvalue weighted by Crippen LogP contribution is 2.23. The van der Waals surface area contributed by atoms with Gasteiger partial charge in [0, 0.05) is 11.6 Å². The van der Waals surface area contributed by atoms with E-state index in [1.165, 1.54) is 12.1 Å². The molecule has 1 aliphatic rings. The number of allylic oxidation sites excluding steroid dienone is 1. The maximum absolute atomic E-state index is 13.5. The van der Waals surface area contributed by atoms with Gasteiger partial charge in [-0.25, -0.2) is 8.78 Å². The fourth-order valence-corrected chi connectivity index (χ4v) is 2.74. The van der Waals surface area contributed by atoms with Crippen LogP contribution in [0.5, 0.6) is 0 Å². The van der Waals surface area contributed by atoms with Crippen LogP contribution in [0.4, 0.5) is 8.78 Å². The van der Waals surface area contributed by atoms with E-state index in [4.69, 9.17) is 4.74 Å². The van der Waals surface area contributed by atoms with Crippen molar-refractivity contribution in [1.29, 1.82) is 0 Å². The minimum Gasteiger partial charge on any atom is -0.459 e. The molecule has 1 heterocycles. The molecular weight excluding hydrogens is 312 g/mol. The average molecular weight is 337 g/mol. The fourth-order valence-electron chi connectivity index (χ4n) is 2.74. The third-order valence-corrected chi connectivity index (χ3v) is 4.22. The second-order valence-electron chi connectivity index (χ2n) is 6.81. The van der Waals surface area contributed by atoms with Crippen LogP contribution < -0.4 is 5.32 Å². The Morgan fingerprint density at radius 1 is 1.33 bits per heavy atom. The maximum atomic E-state index is 13.5. The molecule has 0 spiro atoms. The van der Waals surface area contributed by atoms with Crippen molar-refractivity contribution in [3.05, 3.63) is 41.5 Å². The Labute approximate surface area is 142 Å². The lowest BCUT2D eigenvalue weighted by molar-refractivity contribution is -0.163. The summed E-state index contributed by atoms with van der Waals surface area (Å²) in [7, 11) is 0. The van der Waals surface area contributed by atoms with Gasteiger partial charge in [-0.2, -0.15) is 0 Å². The molecule has 5 heteroatoms. The Morgan fingerprint density at radius 2 is 2.04 bits per heavy atom. The van der Waals surface area contributed by atoms with Crippen molar-refractivity contribution in [1.82, 2.24) is 5.32 Å². The first-order valence-corrected chi connectivity index (χ1v) is 8.42. The van der Waals surface area contributed by atoms with Crippen molar-refractivity contribution in [2.75, 3.05) is 13.1 Å². The quantitative estimate of drug-likeness (QED) is 0.795. The molecule has 0 saturated carbocycles. The monoisotopic (exact) mass is 337 g/mol. The Balaban J connectivity index is 1.81. The number of benzene rings is 1.